The standard InChI is InChI=1S/C22H25FN6O3/c1-32-18-8-4-16(5-9-18)13-28-19(26-10-11-27-21(24)25)12-20(30)29(22(28)31)14-15-2-6-17(23)7-3-15/h2-9,12,26H,10-11,13-14H2,1H3,(H4,24,25,27). The van der Waals surface area contributed by atoms with Gasteiger partial charge in [-0.15, -0.1) is 0 Å². The summed E-state index contributed by atoms with van der Waals surface area (Å²) in [6.07, 6.45) is 0. The molecule has 9 nitrogen and oxygen atoms in total. The van der Waals surface area contributed by atoms with Gasteiger partial charge in [-0.3, -0.25) is 18.9 Å². The van der Waals surface area contributed by atoms with Gasteiger partial charge in [0, 0.05) is 12.6 Å². The van der Waals surface area contributed by atoms with Gasteiger partial charge in [0.05, 0.1) is 26.7 Å². The van der Waals surface area contributed by atoms with Gasteiger partial charge in [0.25, 0.3) is 5.56 Å². The third kappa shape index (κ3) is 5.75. The van der Waals surface area contributed by atoms with Crippen LogP contribution in [0.4, 0.5) is 10.2 Å². The number of hydrogen-bond donors (Lipinski definition) is 3. The van der Waals surface area contributed by atoms with E-state index in [0.717, 1.165) is 10.1 Å². The number of benzene rings is 2. The molecule has 0 unspecified atom stereocenters. The maximum atomic E-state index is 13.3. The second-order valence-corrected chi connectivity index (χ2v) is 7.03. The van der Waals surface area contributed by atoms with Crippen molar-refractivity contribution in [3.8, 4) is 5.75 Å². The van der Waals surface area contributed by atoms with Crippen LogP contribution in [-0.4, -0.2) is 35.3 Å². The minimum absolute atomic E-state index is 0.0227. The average molecular weight is 440 g/mol. The number of methoxy groups -OCH3 is 1. The topological polar surface area (TPSA) is 130 Å². The highest BCUT2D eigenvalue weighted by Crippen LogP contribution is 2.13. The van der Waals surface area contributed by atoms with Crippen LogP contribution >= 0.6 is 0 Å². The zero-order valence-corrected chi connectivity index (χ0v) is 17.6. The molecule has 32 heavy (non-hydrogen) atoms. The maximum absolute atomic E-state index is 13.3. The lowest BCUT2D eigenvalue weighted by Crippen LogP contribution is -2.41. The fourth-order valence-corrected chi connectivity index (χ4v) is 3.12. The fourth-order valence-electron chi connectivity index (χ4n) is 3.12. The van der Waals surface area contributed by atoms with Gasteiger partial charge >= 0.3 is 5.69 Å². The maximum Gasteiger partial charge on any atom is 0.333 e. The molecule has 3 rings (SSSR count). The molecule has 5 N–H and O–H groups in total. The molecule has 168 valence electrons. The van der Waals surface area contributed by atoms with Crippen LogP contribution in [0.5, 0.6) is 5.75 Å². The van der Waals surface area contributed by atoms with E-state index in [9.17, 15) is 14.0 Å². The highest BCUT2D eigenvalue weighted by Gasteiger charge is 2.13. The summed E-state index contributed by atoms with van der Waals surface area (Å²) in [6.45, 7) is 0.838. The number of nitrogens with two attached hydrogens (primary N) is 2. The van der Waals surface area contributed by atoms with Crippen LogP contribution < -0.4 is 32.8 Å². The van der Waals surface area contributed by atoms with E-state index in [1.165, 1.54) is 34.9 Å². The molecule has 2 aromatic carbocycles. The van der Waals surface area contributed by atoms with E-state index in [4.69, 9.17) is 16.2 Å². The summed E-state index contributed by atoms with van der Waals surface area (Å²) in [6, 6.07) is 14.3. The Balaban J connectivity index is 1.97. The Hall–Kier alpha value is -4.08. The van der Waals surface area contributed by atoms with Crippen molar-refractivity contribution in [1.82, 2.24) is 9.13 Å². The van der Waals surface area contributed by atoms with E-state index in [1.807, 2.05) is 12.1 Å². The molecule has 0 bridgehead atoms. The molecule has 0 atom stereocenters. The molecule has 1 heterocycles. The highest BCUT2D eigenvalue weighted by molar-refractivity contribution is 5.75. The van der Waals surface area contributed by atoms with Gasteiger partial charge in [-0.2, -0.15) is 0 Å². The molecule has 3 aromatic rings. The Morgan fingerprint density at radius 3 is 2.19 bits per heavy atom. The molecule has 0 aliphatic heterocycles. The molecule has 10 heteroatoms. The van der Waals surface area contributed by atoms with Crippen molar-refractivity contribution in [3.63, 3.8) is 0 Å². The summed E-state index contributed by atoms with van der Waals surface area (Å²) in [7, 11) is 1.57. The van der Waals surface area contributed by atoms with E-state index in [0.29, 0.717) is 23.7 Å². The molecule has 0 aliphatic carbocycles. The fraction of sp³-hybridized carbons (Fsp3) is 0.227. The van der Waals surface area contributed by atoms with Crippen LogP contribution in [0, 0.1) is 5.82 Å². The van der Waals surface area contributed by atoms with Crippen molar-refractivity contribution in [3.05, 3.63) is 92.4 Å². The second kappa shape index (κ2) is 10.3. The van der Waals surface area contributed by atoms with E-state index in [-0.39, 0.29) is 25.6 Å². The summed E-state index contributed by atoms with van der Waals surface area (Å²) in [4.78, 5) is 29.9. The van der Waals surface area contributed by atoms with Crippen molar-refractivity contribution in [2.24, 2.45) is 16.5 Å². The minimum atomic E-state index is -0.498. The number of rotatable bonds is 9. The lowest BCUT2D eigenvalue weighted by molar-refractivity contribution is 0.414. The normalized spacial score (nSPS) is 10.6. The van der Waals surface area contributed by atoms with E-state index >= 15 is 0 Å². The number of aromatic nitrogens is 2. The van der Waals surface area contributed by atoms with Crippen molar-refractivity contribution in [2.75, 3.05) is 25.5 Å². The summed E-state index contributed by atoms with van der Waals surface area (Å²) >= 11 is 0. The molecular formula is C22H25FN6O3. The first-order chi connectivity index (χ1) is 15.4. The van der Waals surface area contributed by atoms with Crippen molar-refractivity contribution in [2.45, 2.75) is 13.1 Å². The van der Waals surface area contributed by atoms with Crippen molar-refractivity contribution < 1.29 is 9.13 Å². The zero-order valence-electron chi connectivity index (χ0n) is 17.6. The van der Waals surface area contributed by atoms with Crippen molar-refractivity contribution >= 4 is 11.8 Å². The lowest BCUT2D eigenvalue weighted by atomic mass is 10.2. The van der Waals surface area contributed by atoms with Crippen LogP contribution in [0.2, 0.25) is 0 Å². The molecule has 1 aromatic heterocycles. The van der Waals surface area contributed by atoms with E-state index in [2.05, 4.69) is 10.3 Å². The first kappa shape index (κ1) is 22.6. The zero-order chi connectivity index (χ0) is 23.1. The summed E-state index contributed by atoms with van der Waals surface area (Å²) in [5, 5.41) is 3.05. The Kier molecular flexibility index (Phi) is 7.27. The monoisotopic (exact) mass is 440 g/mol. The van der Waals surface area contributed by atoms with Gasteiger partial charge in [0.15, 0.2) is 5.96 Å². The van der Waals surface area contributed by atoms with E-state index < -0.39 is 17.1 Å². The van der Waals surface area contributed by atoms with Crippen molar-refractivity contribution in [1.29, 1.82) is 0 Å². The van der Waals surface area contributed by atoms with E-state index in [1.54, 1.807) is 19.2 Å². The van der Waals surface area contributed by atoms with Gasteiger partial charge in [-0.05, 0) is 35.4 Å². The number of halogens is 1. The first-order valence-corrected chi connectivity index (χ1v) is 9.88. The second-order valence-electron chi connectivity index (χ2n) is 7.03. The van der Waals surface area contributed by atoms with Gasteiger partial charge in [-0.25, -0.2) is 9.18 Å². The number of nitrogens with one attached hydrogen (secondary N) is 1. The average Bonchev–Trinajstić information content (AvgIpc) is 2.78. The Labute approximate surface area is 183 Å². The highest BCUT2D eigenvalue weighted by atomic mass is 19.1. The number of guanidine groups is 1. The Morgan fingerprint density at radius 2 is 1.59 bits per heavy atom. The third-order valence-corrected chi connectivity index (χ3v) is 4.74. The summed E-state index contributed by atoms with van der Waals surface area (Å²) < 4.78 is 21.0. The molecule has 0 fully saturated rings. The van der Waals surface area contributed by atoms with Crippen LogP contribution in [0.15, 0.2) is 69.2 Å². The number of anilines is 1. The molecule has 0 spiro atoms. The summed E-state index contributed by atoms with van der Waals surface area (Å²) in [5.74, 6) is 0.602. The Morgan fingerprint density at radius 1 is 1.00 bits per heavy atom. The predicted octanol–water partition coefficient (Wildman–Crippen LogP) is 0.940. The predicted molar refractivity (Wildman–Crippen MR) is 122 cm³/mol. The van der Waals surface area contributed by atoms with Gasteiger partial charge in [0.2, 0.25) is 0 Å². The molecule has 0 saturated heterocycles. The van der Waals surface area contributed by atoms with Crippen LogP contribution in [-0.2, 0) is 13.1 Å². The number of hydrogen-bond acceptors (Lipinski definition) is 5. The van der Waals surface area contributed by atoms with Crippen LogP contribution in [0.25, 0.3) is 0 Å². The Bertz CT molecular complexity index is 1200. The van der Waals surface area contributed by atoms with Gasteiger partial charge in [0.1, 0.15) is 17.4 Å². The van der Waals surface area contributed by atoms with Crippen LogP contribution in [0.1, 0.15) is 11.1 Å². The van der Waals surface area contributed by atoms with Gasteiger partial charge < -0.3 is 21.5 Å². The minimum Gasteiger partial charge on any atom is -0.497 e. The molecule has 0 radical (unpaired) electrons. The molecular weight excluding hydrogens is 415 g/mol. The number of nitrogens with zero attached hydrogens (tertiary/aromatic N) is 3. The SMILES string of the molecule is COc1ccc(Cn2c(NCCN=C(N)N)cc(=O)n(Cc3ccc(F)cc3)c2=O)cc1. The van der Waals surface area contributed by atoms with Gasteiger partial charge in [-0.1, -0.05) is 24.3 Å². The molecule has 0 amide bonds. The number of ether oxygens (including phenoxy) is 1. The number of aliphatic imine (C=N–C) groups is 1. The quantitative estimate of drug-likeness (QED) is 0.258. The smallest absolute Gasteiger partial charge is 0.333 e. The first-order valence-electron chi connectivity index (χ1n) is 9.88. The lowest BCUT2D eigenvalue weighted by Gasteiger charge is -2.17. The molecule has 0 aliphatic rings. The third-order valence-electron chi connectivity index (χ3n) is 4.74. The largest absolute Gasteiger partial charge is 0.497 e. The summed E-state index contributed by atoms with van der Waals surface area (Å²) in [5.41, 5.74) is 11.2. The molecule has 0 saturated carbocycles. The van der Waals surface area contributed by atoms with Crippen LogP contribution in [0.3, 0.4) is 0 Å².